The van der Waals surface area contributed by atoms with E-state index in [9.17, 15) is 8.42 Å². The van der Waals surface area contributed by atoms with Crippen molar-refractivity contribution in [2.24, 2.45) is 0 Å². The van der Waals surface area contributed by atoms with Gasteiger partial charge in [-0.3, -0.25) is 4.90 Å². The van der Waals surface area contributed by atoms with Gasteiger partial charge in [-0.2, -0.15) is 0 Å². The predicted molar refractivity (Wildman–Crippen MR) is 113 cm³/mol. The summed E-state index contributed by atoms with van der Waals surface area (Å²) in [6.45, 7) is 6.24. The topological polar surface area (TPSA) is 61.9 Å². The van der Waals surface area contributed by atoms with Gasteiger partial charge in [0, 0.05) is 44.3 Å². The molecule has 6 nitrogen and oxygen atoms in total. The van der Waals surface area contributed by atoms with E-state index in [1.165, 1.54) is 0 Å². The molecular weight excluding hydrogens is 398 g/mol. The molecule has 0 aromatic heterocycles. The molecule has 1 saturated heterocycles. The molecule has 2 aromatic rings. The van der Waals surface area contributed by atoms with Gasteiger partial charge in [-0.1, -0.05) is 29.8 Å². The molecule has 152 valence electrons. The van der Waals surface area contributed by atoms with Gasteiger partial charge in [0.25, 0.3) is 0 Å². The maximum absolute atomic E-state index is 12.5. The highest BCUT2D eigenvalue weighted by molar-refractivity contribution is 7.89. The van der Waals surface area contributed by atoms with Crippen LogP contribution in [0.15, 0.2) is 47.4 Å². The maximum Gasteiger partial charge on any atom is 0.240 e. The molecule has 3 rings (SSSR count). The van der Waals surface area contributed by atoms with Crippen LogP contribution in [-0.2, 0) is 10.0 Å². The zero-order valence-electron chi connectivity index (χ0n) is 16.2. The molecule has 1 aliphatic rings. The van der Waals surface area contributed by atoms with Crippen LogP contribution in [-0.4, -0.2) is 59.7 Å². The van der Waals surface area contributed by atoms with Crippen molar-refractivity contribution in [3.05, 3.63) is 53.1 Å². The van der Waals surface area contributed by atoms with Gasteiger partial charge in [-0.25, -0.2) is 13.1 Å². The standard InChI is InChI=1S/C20H26ClN3O3S/c1-16-17(21)6-5-9-20(16)28(25,26)22-10-11-23-12-14-24(15-13-23)18-7-3-4-8-19(18)27-2/h3-9,22H,10-15H2,1-2H3. The molecule has 0 atom stereocenters. The third-order valence-corrected chi connectivity index (χ3v) is 7.04. The number of hydrogen-bond acceptors (Lipinski definition) is 5. The minimum Gasteiger partial charge on any atom is -0.495 e. The normalized spacial score (nSPS) is 15.6. The summed E-state index contributed by atoms with van der Waals surface area (Å²) >= 11 is 6.05. The highest BCUT2D eigenvalue weighted by Gasteiger charge is 2.21. The van der Waals surface area contributed by atoms with Gasteiger partial charge in [0.1, 0.15) is 5.75 Å². The van der Waals surface area contributed by atoms with Crippen LogP contribution in [0.4, 0.5) is 5.69 Å². The number of methoxy groups -OCH3 is 1. The molecular formula is C20H26ClN3O3S. The smallest absolute Gasteiger partial charge is 0.240 e. The second kappa shape index (κ2) is 9.13. The zero-order chi connectivity index (χ0) is 20.1. The van der Waals surface area contributed by atoms with Crippen molar-refractivity contribution >= 4 is 27.3 Å². The Morgan fingerprint density at radius 2 is 1.79 bits per heavy atom. The number of anilines is 1. The number of nitrogens with zero attached hydrogens (tertiary/aromatic N) is 2. The number of piperazine rings is 1. The van der Waals surface area contributed by atoms with Crippen molar-refractivity contribution in [3.8, 4) is 5.75 Å². The third kappa shape index (κ3) is 4.78. The van der Waals surface area contributed by atoms with E-state index in [-0.39, 0.29) is 4.90 Å². The summed E-state index contributed by atoms with van der Waals surface area (Å²) in [6, 6.07) is 12.9. The van der Waals surface area contributed by atoms with E-state index in [1.807, 2.05) is 18.2 Å². The van der Waals surface area contributed by atoms with Gasteiger partial charge in [-0.15, -0.1) is 0 Å². The summed E-state index contributed by atoms with van der Waals surface area (Å²) in [7, 11) is -1.88. The Hall–Kier alpha value is -1.80. The average Bonchev–Trinajstić information content (AvgIpc) is 2.70. The van der Waals surface area contributed by atoms with Gasteiger partial charge in [0.15, 0.2) is 0 Å². The molecule has 0 aliphatic carbocycles. The largest absolute Gasteiger partial charge is 0.495 e. The summed E-state index contributed by atoms with van der Waals surface area (Å²) in [5.41, 5.74) is 1.67. The molecule has 0 radical (unpaired) electrons. The van der Waals surface area contributed by atoms with Crippen molar-refractivity contribution in [3.63, 3.8) is 0 Å². The lowest BCUT2D eigenvalue weighted by atomic mass is 10.2. The third-order valence-electron chi connectivity index (χ3n) is 5.03. The number of sulfonamides is 1. The van der Waals surface area contributed by atoms with Crippen molar-refractivity contribution in [2.45, 2.75) is 11.8 Å². The number of para-hydroxylation sites is 2. The molecule has 0 unspecified atom stereocenters. The molecule has 1 heterocycles. The second-order valence-electron chi connectivity index (χ2n) is 6.76. The quantitative estimate of drug-likeness (QED) is 0.742. The fourth-order valence-electron chi connectivity index (χ4n) is 3.40. The Morgan fingerprint density at radius 1 is 1.07 bits per heavy atom. The summed E-state index contributed by atoms with van der Waals surface area (Å²) in [6.07, 6.45) is 0. The van der Waals surface area contributed by atoms with Gasteiger partial charge < -0.3 is 9.64 Å². The zero-order valence-corrected chi connectivity index (χ0v) is 17.8. The lowest BCUT2D eigenvalue weighted by Crippen LogP contribution is -2.48. The van der Waals surface area contributed by atoms with Crippen molar-refractivity contribution < 1.29 is 13.2 Å². The van der Waals surface area contributed by atoms with Gasteiger partial charge in [0.05, 0.1) is 17.7 Å². The molecule has 1 aliphatic heterocycles. The lowest BCUT2D eigenvalue weighted by Gasteiger charge is -2.36. The summed E-state index contributed by atoms with van der Waals surface area (Å²) in [4.78, 5) is 4.80. The van der Waals surface area contributed by atoms with Crippen molar-refractivity contribution in [2.75, 3.05) is 51.3 Å². The van der Waals surface area contributed by atoms with E-state index in [0.29, 0.717) is 23.7 Å². The van der Waals surface area contributed by atoms with Crippen LogP contribution in [0, 0.1) is 6.92 Å². The van der Waals surface area contributed by atoms with Crippen molar-refractivity contribution in [1.82, 2.24) is 9.62 Å². The first-order valence-electron chi connectivity index (χ1n) is 9.27. The number of benzene rings is 2. The first-order chi connectivity index (χ1) is 13.4. The second-order valence-corrected chi connectivity index (χ2v) is 8.90. The van der Waals surface area contributed by atoms with Gasteiger partial charge in [0.2, 0.25) is 10.0 Å². The Morgan fingerprint density at radius 3 is 2.50 bits per heavy atom. The van der Waals surface area contributed by atoms with Crippen LogP contribution in [0.5, 0.6) is 5.75 Å². The highest BCUT2D eigenvalue weighted by atomic mass is 35.5. The van der Waals surface area contributed by atoms with Crippen LogP contribution < -0.4 is 14.4 Å². The minimum atomic E-state index is -3.57. The Bertz CT molecular complexity index is 913. The summed E-state index contributed by atoms with van der Waals surface area (Å²) in [5, 5.41) is 0.454. The number of ether oxygens (including phenoxy) is 1. The molecule has 1 N–H and O–H groups in total. The van der Waals surface area contributed by atoms with Gasteiger partial charge in [-0.05, 0) is 36.8 Å². The molecule has 28 heavy (non-hydrogen) atoms. The molecule has 0 spiro atoms. The van der Waals surface area contributed by atoms with Crippen molar-refractivity contribution in [1.29, 1.82) is 0 Å². The number of nitrogens with one attached hydrogen (secondary N) is 1. The number of rotatable bonds is 7. The van der Waals surface area contributed by atoms with E-state index in [0.717, 1.165) is 37.6 Å². The predicted octanol–water partition coefficient (Wildman–Crippen LogP) is 2.76. The number of halogens is 1. The Balaban J connectivity index is 1.51. The molecule has 2 aromatic carbocycles. The fraction of sp³-hybridized carbons (Fsp3) is 0.400. The molecule has 0 bridgehead atoms. The van der Waals surface area contributed by atoms with E-state index >= 15 is 0 Å². The first kappa shape index (κ1) is 20.9. The maximum atomic E-state index is 12.5. The molecule has 0 saturated carbocycles. The Labute approximate surface area is 172 Å². The summed E-state index contributed by atoms with van der Waals surface area (Å²) in [5.74, 6) is 0.876. The van der Waals surface area contributed by atoms with E-state index in [1.54, 1.807) is 32.2 Å². The lowest BCUT2D eigenvalue weighted by molar-refractivity contribution is 0.261. The average molecular weight is 424 g/mol. The van der Waals surface area contributed by atoms with E-state index in [4.69, 9.17) is 16.3 Å². The SMILES string of the molecule is COc1ccccc1N1CCN(CCNS(=O)(=O)c2cccc(Cl)c2C)CC1. The number of hydrogen-bond donors (Lipinski definition) is 1. The highest BCUT2D eigenvalue weighted by Crippen LogP contribution is 2.28. The molecule has 0 amide bonds. The van der Waals surface area contributed by atoms with Gasteiger partial charge >= 0.3 is 0 Å². The van der Waals surface area contributed by atoms with Crippen LogP contribution in [0.25, 0.3) is 0 Å². The fourth-order valence-corrected chi connectivity index (χ4v) is 4.91. The molecule has 8 heteroatoms. The molecule has 1 fully saturated rings. The van der Waals surface area contributed by atoms with E-state index < -0.39 is 10.0 Å². The van der Waals surface area contributed by atoms with Crippen LogP contribution in [0.2, 0.25) is 5.02 Å². The Kier molecular flexibility index (Phi) is 6.82. The van der Waals surface area contributed by atoms with Crippen LogP contribution >= 0.6 is 11.6 Å². The van der Waals surface area contributed by atoms with Crippen LogP contribution in [0.1, 0.15) is 5.56 Å². The van der Waals surface area contributed by atoms with Crippen LogP contribution in [0.3, 0.4) is 0 Å². The minimum absolute atomic E-state index is 0.237. The van der Waals surface area contributed by atoms with E-state index in [2.05, 4.69) is 20.6 Å². The summed E-state index contributed by atoms with van der Waals surface area (Å²) < 4.78 is 33.2. The monoisotopic (exact) mass is 423 g/mol. The first-order valence-corrected chi connectivity index (χ1v) is 11.1.